The Morgan fingerprint density at radius 2 is 1.83 bits per heavy atom. The molecule has 3 aliphatic heterocycles. The van der Waals surface area contributed by atoms with E-state index in [1.807, 2.05) is 0 Å². The molecule has 0 fully saturated rings. The van der Waals surface area contributed by atoms with E-state index in [1.165, 1.54) is 22.8 Å². The van der Waals surface area contributed by atoms with E-state index in [9.17, 15) is 18.4 Å². The lowest BCUT2D eigenvalue weighted by Gasteiger charge is -2.34. The molecule has 11 heteroatoms. The lowest BCUT2D eigenvalue weighted by molar-refractivity contribution is -0.287. The van der Waals surface area contributed by atoms with Crippen molar-refractivity contribution in [3.8, 4) is 17.2 Å². The Labute approximate surface area is 205 Å². The zero-order chi connectivity index (χ0) is 25.9. The first-order chi connectivity index (χ1) is 17.1. The average molecular weight is 504 g/mol. The van der Waals surface area contributed by atoms with E-state index in [4.69, 9.17) is 19.7 Å². The van der Waals surface area contributed by atoms with Gasteiger partial charge in [-0.2, -0.15) is 0 Å². The fourth-order valence-electron chi connectivity index (χ4n) is 4.55. The zero-order valence-corrected chi connectivity index (χ0v) is 19.6. The van der Waals surface area contributed by atoms with Gasteiger partial charge in [0, 0.05) is 24.3 Å². The van der Waals surface area contributed by atoms with Gasteiger partial charge in [-0.05, 0) is 61.7 Å². The van der Waals surface area contributed by atoms with Gasteiger partial charge in [0.15, 0.2) is 11.5 Å². The van der Waals surface area contributed by atoms with Crippen molar-refractivity contribution in [3.63, 3.8) is 0 Å². The van der Waals surface area contributed by atoms with Crippen LogP contribution in [-0.2, 0) is 29.0 Å². The number of alkyl halides is 2. The fourth-order valence-corrected chi connectivity index (χ4v) is 4.55. The number of hydrogen-bond donors (Lipinski definition) is 3. The lowest BCUT2D eigenvalue weighted by Crippen LogP contribution is -2.33. The molecular weight excluding hydrogens is 478 g/mol. The van der Waals surface area contributed by atoms with Crippen molar-refractivity contribution in [1.29, 1.82) is 0 Å². The zero-order valence-electron chi connectivity index (χ0n) is 19.6. The van der Waals surface area contributed by atoms with Crippen molar-refractivity contribution in [3.05, 3.63) is 58.7 Å². The van der Waals surface area contributed by atoms with Crippen molar-refractivity contribution in [2.75, 3.05) is 31.1 Å². The third kappa shape index (κ3) is 5.68. The predicted octanol–water partition coefficient (Wildman–Crippen LogP) is 3.12. The van der Waals surface area contributed by atoms with Gasteiger partial charge in [-0.15, -0.1) is 8.78 Å². The predicted molar refractivity (Wildman–Crippen MR) is 125 cm³/mol. The highest BCUT2D eigenvalue weighted by atomic mass is 19.3. The summed E-state index contributed by atoms with van der Waals surface area (Å²) in [5.41, 5.74) is 5.64. The second-order valence-electron chi connectivity index (χ2n) is 8.43. The largest absolute Gasteiger partial charge is 0.586 e. The summed E-state index contributed by atoms with van der Waals surface area (Å²) >= 11 is 0. The molecule has 0 radical (unpaired) electrons. The monoisotopic (exact) mass is 504 g/mol. The summed E-state index contributed by atoms with van der Waals surface area (Å²) in [6.45, 7) is 5.76. The Bertz CT molecular complexity index is 1180. The van der Waals surface area contributed by atoms with Gasteiger partial charge in [-0.3, -0.25) is 0 Å². The normalized spacial score (nSPS) is 17.2. The van der Waals surface area contributed by atoms with Gasteiger partial charge in [0.05, 0.1) is 12.2 Å². The SMILES string of the molecule is Cc1c2c(cc3c1N(Cc1cccc4c1OC(F)(F)O4)CCO3)CCNCC2.O=C(O)/C=C/C(=O)O. The highest BCUT2D eigenvalue weighted by Crippen LogP contribution is 2.45. The summed E-state index contributed by atoms with van der Waals surface area (Å²) in [6.07, 6.45) is -0.530. The number of carbonyl (C=O) groups is 2. The van der Waals surface area contributed by atoms with Gasteiger partial charge in [-0.25, -0.2) is 9.59 Å². The average Bonchev–Trinajstić information content (AvgIpc) is 2.97. The smallest absolute Gasteiger partial charge is 0.490 e. The van der Waals surface area contributed by atoms with E-state index in [1.54, 1.807) is 12.1 Å². The van der Waals surface area contributed by atoms with Gasteiger partial charge in [0.25, 0.3) is 0 Å². The van der Waals surface area contributed by atoms with Crippen LogP contribution in [0, 0.1) is 6.92 Å². The minimum absolute atomic E-state index is 0.0840. The number of ether oxygens (including phenoxy) is 3. The second kappa shape index (κ2) is 10.4. The third-order valence-corrected chi connectivity index (χ3v) is 6.03. The molecule has 0 atom stereocenters. The minimum atomic E-state index is -3.61. The Kier molecular flexibility index (Phi) is 7.30. The van der Waals surface area contributed by atoms with Crippen LogP contribution in [0.1, 0.15) is 22.3 Å². The quantitative estimate of drug-likeness (QED) is 0.540. The Morgan fingerprint density at radius 1 is 1.11 bits per heavy atom. The van der Waals surface area contributed by atoms with Gasteiger partial charge in [-0.1, -0.05) is 12.1 Å². The van der Waals surface area contributed by atoms with Crippen molar-refractivity contribution in [2.45, 2.75) is 32.6 Å². The summed E-state index contributed by atoms with van der Waals surface area (Å²) in [5.74, 6) is -1.43. The lowest BCUT2D eigenvalue weighted by atomic mass is 9.94. The van der Waals surface area contributed by atoms with Crippen LogP contribution >= 0.6 is 0 Å². The van der Waals surface area contributed by atoms with Crippen molar-refractivity contribution in [1.82, 2.24) is 5.32 Å². The van der Waals surface area contributed by atoms with Crippen LogP contribution in [0.4, 0.5) is 14.5 Å². The van der Waals surface area contributed by atoms with Crippen LogP contribution in [0.3, 0.4) is 0 Å². The molecular formula is C25H26F2N2O7. The number of halogens is 2. The summed E-state index contributed by atoms with van der Waals surface area (Å²) in [5, 5.41) is 19.1. The first-order valence-corrected chi connectivity index (χ1v) is 11.4. The molecule has 2 aromatic rings. The van der Waals surface area contributed by atoms with Crippen LogP contribution in [-0.4, -0.2) is 54.7 Å². The van der Waals surface area contributed by atoms with Crippen LogP contribution in [0.2, 0.25) is 0 Å². The van der Waals surface area contributed by atoms with E-state index in [2.05, 4.69) is 27.9 Å². The summed E-state index contributed by atoms with van der Waals surface area (Å²) < 4.78 is 42.4. The molecule has 0 saturated carbocycles. The molecule has 9 nitrogen and oxygen atoms in total. The second-order valence-corrected chi connectivity index (χ2v) is 8.43. The van der Waals surface area contributed by atoms with Crippen molar-refractivity contribution >= 4 is 17.6 Å². The molecule has 2 aromatic carbocycles. The van der Waals surface area contributed by atoms with E-state index in [0.717, 1.165) is 37.4 Å². The van der Waals surface area contributed by atoms with Crippen LogP contribution < -0.4 is 24.4 Å². The molecule has 36 heavy (non-hydrogen) atoms. The fraction of sp³-hybridized carbons (Fsp3) is 0.360. The Balaban J connectivity index is 0.000000331. The number of carboxylic acid groups (broad SMARTS) is 2. The number of hydrogen-bond acceptors (Lipinski definition) is 7. The molecule has 5 rings (SSSR count). The molecule has 3 N–H and O–H groups in total. The Morgan fingerprint density at radius 3 is 2.56 bits per heavy atom. The number of rotatable bonds is 4. The van der Waals surface area contributed by atoms with Crippen molar-refractivity contribution < 1.29 is 42.8 Å². The summed E-state index contributed by atoms with van der Waals surface area (Å²) in [7, 11) is 0. The van der Waals surface area contributed by atoms with E-state index >= 15 is 0 Å². The molecule has 0 aliphatic carbocycles. The van der Waals surface area contributed by atoms with Crippen molar-refractivity contribution in [2.24, 2.45) is 0 Å². The van der Waals surface area contributed by atoms with Crippen LogP contribution in [0.15, 0.2) is 36.4 Å². The summed E-state index contributed by atoms with van der Waals surface area (Å²) in [6, 6.07) is 7.18. The maximum absolute atomic E-state index is 13.5. The van der Waals surface area contributed by atoms with E-state index in [-0.39, 0.29) is 11.5 Å². The number of fused-ring (bicyclic) bond motifs is 3. The number of nitrogens with one attached hydrogen (secondary N) is 1. The number of aliphatic carboxylic acids is 2. The number of nitrogens with zero attached hydrogens (tertiary/aromatic N) is 1. The molecule has 0 unspecified atom stereocenters. The van der Waals surface area contributed by atoms with E-state index < -0.39 is 18.2 Å². The highest BCUT2D eigenvalue weighted by Gasteiger charge is 2.44. The van der Waals surface area contributed by atoms with Crippen LogP contribution in [0.25, 0.3) is 0 Å². The molecule has 0 amide bonds. The standard InChI is InChI=1S/C21H22F2N2O3.C4H4O4/c1-13-16-6-8-24-7-5-14(16)11-18-19(13)25(9-10-26-18)12-15-3-2-4-17-20(15)28-21(22,23)27-17;5-3(6)1-2-4(7)8/h2-4,11,24H,5-10,12H2,1H3;1-2H,(H,5,6)(H,7,8)/b;2-1+. The molecule has 192 valence electrons. The number of anilines is 1. The Hall–Kier alpha value is -3.86. The molecule has 0 bridgehead atoms. The molecule has 0 aromatic heterocycles. The number of para-hydroxylation sites is 1. The highest BCUT2D eigenvalue weighted by molar-refractivity contribution is 5.89. The third-order valence-electron chi connectivity index (χ3n) is 6.03. The van der Waals surface area contributed by atoms with Crippen LogP contribution in [0.5, 0.6) is 17.2 Å². The minimum Gasteiger partial charge on any atom is -0.490 e. The first kappa shape index (κ1) is 25.2. The molecule has 0 saturated heterocycles. The van der Waals surface area contributed by atoms with Gasteiger partial charge in [0.2, 0.25) is 0 Å². The van der Waals surface area contributed by atoms with Gasteiger partial charge in [0.1, 0.15) is 12.4 Å². The molecule has 0 spiro atoms. The van der Waals surface area contributed by atoms with Gasteiger partial charge >= 0.3 is 18.2 Å². The molecule has 3 heterocycles. The first-order valence-electron chi connectivity index (χ1n) is 11.4. The maximum Gasteiger partial charge on any atom is 0.586 e. The van der Waals surface area contributed by atoms with Gasteiger partial charge < -0.3 is 34.6 Å². The molecule has 3 aliphatic rings. The topological polar surface area (TPSA) is 118 Å². The number of carboxylic acids is 2. The number of benzene rings is 2. The van der Waals surface area contributed by atoms with E-state index in [0.29, 0.717) is 37.4 Å². The maximum atomic E-state index is 13.5. The summed E-state index contributed by atoms with van der Waals surface area (Å²) in [4.78, 5) is 21.3.